The van der Waals surface area contributed by atoms with Crippen LogP contribution in [-0.4, -0.2) is 59.6 Å². The van der Waals surface area contributed by atoms with Crippen molar-refractivity contribution in [2.75, 3.05) is 32.7 Å². The van der Waals surface area contributed by atoms with Crippen LogP contribution in [0.3, 0.4) is 0 Å². The van der Waals surface area contributed by atoms with Crippen molar-refractivity contribution in [2.24, 2.45) is 0 Å². The van der Waals surface area contributed by atoms with E-state index >= 15 is 0 Å². The highest BCUT2D eigenvalue weighted by Gasteiger charge is 2.27. The van der Waals surface area contributed by atoms with Gasteiger partial charge in [0, 0.05) is 32.7 Å². The van der Waals surface area contributed by atoms with Crippen molar-refractivity contribution in [1.82, 2.24) is 9.80 Å². The van der Waals surface area contributed by atoms with Crippen LogP contribution in [0.2, 0.25) is 0 Å². The van der Waals surface area contributed by atoms with Crippen LogP contribution in [-0.2, 0) is 4.79 Å². The molecule has 1 amide bonds. The fourth-order valence-corrected chi connectivity index (χ4v) is 2.98. The highest BCUT2D eigenvalue weighted by molar-refractivity contribution is 5.81. The smallest absolute Gasteiger partial charge is 0.263 e. The van der Waals surface area contributed by atoms with Crippen LogP contribution in [0.5, 0.6) is 5.75 Å². The van der Waals surface area contributed by atoms with Gasteiger partial charge in [0.05, 0.1) is 6.26 Å². The van der Waals surface area contributed by atoms with E-state index < -0.39 is 12.2 Å². The Bertz CT molecular complexity index is 651. The van der Waals surface area contributed by atoms with Crippen molar-refractivity contribution in [3.05, 3.63) is 54.5 Å². The van der Waals surface area contributed by atoms with E-state index in [0.717, 1.165) is 13.1 Å². The molecule has 25 heavy (non-hydrogen) atoms. The second-order valence-corrected chi connectivity index (χ2v) is 6.23. The van der Waals surface area contributed by atoms with E-state index in [2.05, 4.69) is 4.90 Å². The van der Waals surface area contributed by atoms with E-state index in [9.17, 15) is 9.90 Å². The van der Waals surface area contributed by atoms with Crippen molar-refractivity contribution in [1.29, 1.82) is 0 Å². The molecule has 1 aliphatic heterocycles. The summed E-state index contributed by atoms with van der Waals surface area (Å²) in [5, 5.41) is 10.2. The number of nitrogens with zero attached hydrogens (tertiary/aromatic N) is 2. The number of β-amino-alcohol motifs (C(OH)–C–C–N with tert-alkyl or cyclic N) is 1. The molecule has 1 aliphatic rings. The number of piperazine rings is 1. The van der Waals surface area contributed by atoms with Gasteiger partial charge < -0.3 is 19.2 Å². The first-order chi connectivity index (χ1) is 12.1. The number of amides is 1. The second-order valence-electron chi connectivity index (χ2n) is 6.23. The minimum Gasteiger partial charge on any atom is -0.481 e. The number of hydrogen-bond donors (Lipinski definition) is 1. The number of carbonyl (C=O) groups excluding carboxylic acids is 1. The van der Waals surface area contributed by atoms with Gasteiger partial charge in [0.15, 0.2) is 6.10 Å². The molecule has 0 spiro atoms. The van der Waals surface area contributed by atoms with Gasteiger partial charge in [-0.05, 0) is 31.2 Å². The summed E-state index contributed by atoms with van der Waals surface area (Å²) < 4.78 is 10.9. The van der Waals surface area contributed by atoms with Gasteiger partial charge in [-0.15, -0.1) is 0 Å². The topological polar surface area (TPSA) is 66.2 Å². The Balaban J connectivity index is 1.45. The number of benzene rings is 1. The molecule has 6 heteroatoms. The first-order valence-electron chi connectivity index (χ1n) is 8.58. The zero-order chi connectivity index (χ0) is 17.6. The van der Waals surface area contributed by atoms with Gasteiger partial charge in [-0.3, -0.25) is 9.69 Å². The summed E-state index contributed by atoms with van der Waals surface area (Å²) in [5.41, 5.74) is 0. The van der Waals surface area contributed by atoms with Crippen LogP contribution < -0.4 is 4.74 Å². The molecule has 0 aliphatic carbocycles. The average Bonchev–Trinajstić information content (AvgIpc) is 3.17. The standard InChI is InChI=1S/C19H24N2O4/c1-15(25-16-6-3-2-4-7-16)19(23)21-11-9-20(10-12-21)14-17(22)18-8-5-13-24-18/h2-8,13,15,17,22H,9-12,14H2,1H3/t15-,17+/m0/s1. The van der Waals surface area contributed by atoms with E-state index in [1.807, 2.05) is 35.2 Å². The largest absolute Gasteiger partial charge is 0.481 e. The monoisotopic (exact) mass is 344 g/mol. The zero-order valence-corrected chi connectivity index (χ0v) is 14.4. The first kappa shape index (κ1) is 17.5. The second kappa shape index (κ2) is 8.18. The predicted molar refractivity (Wildman–Crippen MR) is 93.2 cm³/mol. The molecule has 134 valence electrons. The minimum absolute atomic E-state index is 0.00455. The molecule has 2 atom stereocenters. The van der Waals surface area contributed by atoms with E-state index in [-0.39, 0.29) is 5.91 Å². The number of hydrogen-bond acceptors (Lipinski definition) is 5. The van der Waals surface area contributed by atoms with Gasteiger partial charge in [0.1, 0.15) is 17.6 Å². The molecule has 0 bridgehead atoms. The Hall–Kier alpha value is -2.31. The zero-order valence-electron chi connectivity index (χ0n) is 14.4. The number of ether oxygens (including phenoxy) is 1. The molecule has 1 saturated heterocycles. The summed E-state index contributed by atoms with van der Waals surface area (Å²) in [6, 6.07) is 12.9. The van der Waals surface area contributed by atoms with Crippen molar-refractivity contribution in [3.8, 4) is 5.75 Å². The van der Waals surface area contributed by atoms with Gasteiger partial charge in [0.25, 0.3) is 5.91 Å². The summed E-state index contributed by atoms with van der Waals surface area (Å²) in [4.78, 5) is 16.5. The van der Waals surface area contributed by atoms with E-state index in [1.54, 1.807) is 25.3 Å². The maximum atomic E-state index is 12.5. The number of aliphatic hydroxyl groups excluding tert-OH is 1. The highest BCUT2D eigenvalue weighted by Crippen LogP contribution is 2.17. The van der Waals surface area contributed by atoms with Crippen LogP contribution in [0.25, 0.3) is 0 Å². The lowest BCUT2D eigenvalue weighted by Crippen LogP contribution is -2.52. The van der Waals surface area contributed by atoms with Crippen LogP contribution in [0.4, 0.5) is 0 Å². The molecule has 1 aromatic heterocycles. The molecule has 1 fully saturated rings. The third-order valence-corrected chi connectivity index (χ3v) is 4.39. The molecule has 2 heterocycles. The van der Waals surface area contributed by atoms with Crippen LogP contribution in [0.1, 0.15) is 18.8 Å². The van der Waals surface area contributed by atoms with Gasteiger partial charge >= 0.3 is 0 Å². The summed E-state index contributed by atoms with van der Waals surface area (Å²) in [6.07, 6.45) is 0.406. The Morgan fingerprint density at radius 3 is 2.52 bits per heavy atom. The molecular weight excluding hydrogens is 320 g/mol. The van der Waals surface area contributed by atoms with Crippen LogP contribution in [0, 0.1) is 0 Å². The van der Waals surface area contributed by atoms with Crippen LogP contribution in [0.15, 0.2) is 53.1 Å². The number of aliphatic hydroxyl groups is 1. The number of furan rings is 1. The maximum absolute atomic E-state index is 12.5. The molecule has 2 aromatic rings. The fourth-order valence-electron chi connectivity index (χ4n) is 2.98. The lowest BCUT2D eigenvalue weighted by molar-refractivity contribution is -0.139. The molecule has 3 rings (SSSR count). The van der Waals surface area contributed by atoms with E-state index in [1.165, 1.54) is 0 Å². The fraction of sp³-hybridized carbons (Fsp3) is 0.421. The molecule has 6 nitrogen and oxygen atoms in total. The summed E-state index contributed by atoms with van der Waals surface area (Å²) in [6.45, 7) is 5.00. The summed E-state index contributed by atoms with van der Waals surface area (Å²) in [7, 11) is 0. The first-order valence-corrected chi connectivity index (χ1v) is 8.58. The van der Waals surface area contributed by atoms with Gasteiger partial charge in [-0.1, -0.05) is 18.2 Å². The Kier molecular flexibility index (Phi) is 5.73. The Morgan fingerprint density at radius 2 is 1.88 bits per heavy atom. The minimum atomic E-state index is -0.641. The van der Waals surface area contributed by atoms with E-state index in [0.29, 0.717) is 31.1 Å². The number of para-hydroxylation sites is 1. The predicted octanol–water partition coefficient (Wildman–Crippen LogP) is 1.92. The summed E-state index contributed by atoms with van der Waals surface area (Å²) >= 11 is 0. The molecular formula is C19H24N2O4. The maximum Gasteiger partial charge on any atom is 0.263 e. The molecule has 1 N–H and O–H groups in total. The molecule has 0 unspecified atom stereocenters. The number of rotatable bonds is 6. The normalized spacial score (nSPS) is 17.9. The molecule has 1 aromatic carbocycles. The Labute approximate surface area is 147 Å². The van der Waals surface area contributed by atoms with E-state index in [4.69, 9.17) is 9.15 Å². The lowest BCUT2D eigenvalue weighted by Gasteiger charge is -2.36. The third-order valence-electron chi connectivity index (χ3n) is 4.39. The van der Waals surface area contributed by atoms with Crippen molar-refractivity contribution in [2.45, 2.75) is 19.1 Å². The van der Waals surface area contributed by atoms with Gasteiger partial charge in [-0.2, -0.15) is 0 Å². The van der Waals surface area contributed by atoms with Crippen LogP contribution >= 0.6 is 0 Å². The lowest BCUT2D eigenvalue weighted by atomic mass is 10.2. The molecule has 0 radical (unpaired) electrons. The van der Waals surface area contributed by atoms with Gasteiger partial charge in [0.2, 0.25) is 0 Å². The number of carbonyl (C=O) groups is 1. The quantitative estimate of drug-likeness (QED) is 0.867. The van der Waals surface area contributed by atoms with Crippen molar-refractivity contribution < 1.29 is 19.1 Å². The van der Waals surface area contributed by atoms with Crippen molar-refractivity contribution in [3.63, 3.8) is 0 Å². The third kappa shape index (κ3) is 4.61. The molecule has 0 saturated carbocycles. The van der Waals surface area contributed by atoms with Gasteiger partial charge in [-0.25, -0.2) is 0 Å². The van der Waals surface area contributed by atoms with Crippen molar-refractivity contribution >= 4 is 5.91 Å². The Morgan fingerprint density at radius 1 is 1.16 bits per heavy atom. The SMILES string of the molecule is C[C@H](Oc1ccccc1)C(=O)N1CCN(C[C@@H](O)c2ccco2)CC1. The average molecular weight is 344 g/mol. The summed E-state index contributed by atoms with van der Waals surface area (Å²) in [5.74, 6) is 1.27. The highest BCUT2D eigenvalue weighted by atomic mass is 16.5.